The quantitative estimate of drug-likeness (QED) is 0.467. The normalized spacial score (nSPS) is 10.1. The Morgan fingerprint density at radius 2 is 1.55 bits per heavy atom. The summed E-state index contributed by atoms with van der Waals surface area (Å²) in [7, 11) is 0. The van der Waals surface area contributed by atoms with Crippen molar-refractivity contribution in [3.05, 3.63) is 59.7 Å². The van der Waals surface area contributed by atoms with E-state index < -0.39 is 0 Å². The van der Waals surface area contributed by atoms with Crippen LogP contribution in [0.3, 0.4) is 0 Å². The molecule has 114 valence electrons. The number of esters is 1. The third-order valence-electron chi connectivity index (χ3n) is 2.76. The van der Waals surface area contributed by atoms with Gasteiger partial charge in [0.2, 0.25) is 4.38 Å². The smallest absolute Gasteiger partial charge is 0.308 e. The summed E-state index contributed by atoms with van der Waals surface area (Å²) in [6.07, 6.45) is 0. The lowest BCUT2D eigenvalue weighted by molar-refractivity contribution is -0.131. The van der Waals surface area contributed by atoms with E-state index in [0.717, 1.165) is 11.3 Å². The number of ether oxygens (including phenoxy) is 2. The number of carbonyl (C=O) groups excluding carboxylic acids is 1. The summed E-state index contributed by atoms with van der Waals surface area (Å²) < 4.78 is 11.1. The number of rotatable bonds is 4. The van der Waals surface area contributed by atoms with Crippen LogP contribution in [0.4, 0.5) is 0 Å². The molecule has 0 aromatic heterocycles. The first-order valence-corrected chi connectivity index (χ1v) is 8.11. The van der Waals surface area contributed by atoms with Crippen LogP contribution in [-0.4, -0.2) is 10.4 Å². The third kappa shape index (κ3) is 5.50. The number of benzene rings is 2. The average Bonchev–Trinajstić information content (AvgIpc) is 2.48. The van der Waals surface area contributed by atoms with E-state index in [0.29, 0.717) is 15.9 Å². The van der Waals surface area contributed by atoms with E-state index in [4.69, 9.17) is 21.7 Å². The van der Waals surface area contributed by atoms with Gasteiger partial charge >= 0.3 is 5.97 Å². The molecule has 0 radical (unpaired) electrons. The summed E-state index contributed by atoms with van der Waals surface area (Å²) in [5, 5.41) is 0. The number of carbonyl (C=O) groups is 1. The number of thioether (sulfide) groups is 1. The van der Waals surface area contributed by atoms with Crippen molar-refractivity contribution in [2.45, 2.75) is 19.6 Å². The molecular formula is C17H16O3S2. The molecule has 0 bridgehead atoms. The van der Waals surface area contributed by atoms with Crippen molar-refractivity contribution in [1.29, 1.82) is 0 Å². The van der Waals surface area contributed by atoms with Crippen LogP contribution < -0.4 is 9.47 Å². The van der Waals surface area contributed by atoms with E-state index in [9.17, 15) is 4.79 Å². The maximum Gasteiger partial charge on any atom is 0.308 e. The Labute approximate surface area is 139 Å². The lowest BCUT2D eigenvalue weighted by atomic mass is 10.2. The van der Waals surface area contributed by atoms with Crippen molar-refractivity contribution in [3.63, 3.8) is 0 Å². The molecule has 0 saturated heterocycles. The fourth-order valence-electron chi connectivity index (χ4n) is 1.69. The minimum absolute atomic E-state index is 0.324. The third-order valence-corrected chi connectivity index (χ3v) is 4.00. The fraction of sp³-hybridized carbons (Fsp3) is 0.176. The molecule has 22 heavy (non-hydrogen) atoms. The van der Waals surface area contributed by atoms with Gasteiger partial charge in [0, 0.05) is 12.7 Å². The van der Waals surface area contributed by atoms with E-state index >= 15 is 0 Å². The summed E-state index contributed by atoms with van der Waals surface area (Å²) in [6.45, 7) is 3.40. The minimum atomic E-state index is -0.324. The Morgan fingerprint density at radius 1 is 1.00 bits per heavy atom. The Bertz CT molecular complexity index is 649. The highest BCUT2D eigenvalue weighted by Gasteiger charge is 2.04. The van der Waals surface area contributed by atoms with E-state index in [1.54, 1.807) is 12.1 Å². The number of thiocarbonyl (C=S) groups is 1. The van der Waals surface area contributed by atoms with Gasteiger partial charge < -0.3 is 9.47 Å². The second-order valence-corrected chi connectivity index (χ2v) is 6.27. The van der Waals surface area contributed by atoms with E-state index in [-0.39, 0.29) is 5.97 Å². The lowest BCUT2D eigenvalue weighted by Gasteiger charge is -2.07. The molecule has 0 unspecified atom stereocenters. The Morgan fingerprint density at radius 3 is 2.14 bits per heavy atom. The van der Waals surface area contributed by atoms with Gasteiger partial charge in [-0.2, -0.15) is 0 Å². The van der Waals surface area contributed by atoms with Gasteiger partial charge in [0.25, 0.3) is 0 Å². The second-order valence-electron chi connectivity index (χ2n) is 4.69. The molecule has 3 nitrogen and oxygen atoms in total. The first kappa shape index (κ1) is 16.5. The molecule has 0 saturated carbocycles. The molecule has 0 atom stereocenters. The summed E-state index contributed by atoms with van der Waals surface area (Å²) in [5.74, 6) is 1.66. The van der Waals surface area contributed by atoms with Crippen molar-refractivity contribution in [3.8, 4) is 11.5 Å². The monoisotopic (exact) mass is 332 g/mol. The van der Waals surface area contributed by atoms with Crippen LogP contribution >= 0.6 is 24.0 Å². The molecule has 0 aliphatic heterocycles. The summed E-state index contributed by atoms with van der Waals surface area (Å²) >= 11 is 6.67. The molecule has 0 N–H and O–H groups in total. The Kier molecular flexibility index (Phi) is 5.98. The van der Waals surface area contributed by atoms with Crippen LogP contribution in [0.2, 0.25) is 0 Å². The van der Waals surface area contributed by atoms with Crippen molar-refractivity contribution in [2.75, 3.05) is 0 Å². The van der Waals surface area contributed by atoms with Crippen molar-refractivity contribution in [1.82, 2.24) is 0 Å². The molecule has 2 rings (SSSR count). The van der Waals surface area contributed by atoms with Crippen LogP contribution in [0.25, 0.3) is 0 Å². The van der Waals surface area contributed by atoms with Gasteiger partial charge in [0.05, 0.1) is 0 Å². The SMILES string of the molecule is CC(=O)Oc1ccc(CSC(=S)Oc2ccc(C)cc2)cc1. The van der Waals surface area contributed by atoms with Gasteiger partial charge in [-0.3, -0.25) is 4.79 Å². The number of hydrogen-bond acceptors (Lipinski definition) is 5. The Balaban J connectivity index is 1.83. The largest absolute Gasteiger partial charge is 0.440 e. The standard InChI is InChI=1S/C17H16O3S2/c1-12-3-7-16(8-4-12)20-17(21)22-11-14-5-9-15(10-6-14)19-13(2)18/h3-10H,11H2,1-2H3. The van der Waals surface area contributed by atoms with Gasteiger partial charge in [-0.1, -0.05) is 41.6 Å². The zero-order valence-corrected chi connectivity index (χ0v) is 14.0. The molecule has 0 aliphatic carbocycles. The molecule has 5 heteroatoms. The van der Waals surface area contributed by atoms with Gasteiger partial charge in [0.1, 0.15) is 11.5 Å². The molecule has 0 heterocycles. The zero-order chi connectivity index (χ0) is 15.9. The topological polar surface area (TPSA) is 35.5 Å². The Hall–Kier alpha value is -1.85. The summed E-state index contributed by atoms with van der Waals surface area (Å²) in [6, 6.07) is 15.1. The van der Waals surface area contributed by atoms with Crippen molar-refractivity contribution in [2.24, 2.45) is 0 Å². The molecule has 0 amide bonds. The maximum absolute atomic E-state index is 10.8. The first-order valence-electron chi connectivity index (χ1n) is 6.71. The van der Waals surface area contributed by atoms with Crippen LogP contribution in [0.1, 0.15) is 18.1 Å². The van der Waals surface area contributed by atoms with Gasteiger partial charge in [-0.25, -0.2) is 0 Å². The van der Waals surface area contributed by atoms with Crippen molar-refractivity contribution < 1.29 is 14.3 Å². The van der Waals surface area contributed by atoms with Gasteiger partial charge in [-0.05, 0) is 49.0 Å². The zero-order valence-electron chi connectivity index (χ0n) is 12.4. The predicted molar refractivity (Wildman–Crippen MR) is 93.5 cm³/mol. The van der Waals surface area contributed by atoms with Crippen molar-refractivity contribution >= 4 is 34.3 Å². The maximum atomic E-state index is 10.8. The molecule has 0 fully saturated rings. The highest BCUT2D eigenvalue weighted by Crippen LogP contribution is 2.20. The summed E-state index contributed by atoms with van der Waals surface area (Å²) in [5.41, 5.74) is 2.26. The average molecular weight is 332 g/mol. The van der Waals surface area contributed by atoms with Crippen LogP contribution in [-0.2, 0) is 10.5 Å². The number of aryl methyl sites for hydroxylation is 1. The van der Waals surface area contributed by atoms with E-state index in [1.165, 1.54) is 24.2 Å². The van der Waals surface area contributed by atoms with Gasteiger partial charge in [-0.15, -0.1) is 0 Å². The molecule has 0 spiro atoms. The van der Waals surface area contributed by atoms with E-state index in [2.05, 4.69) is 0 Å². The minimum Gasteiger partial charge on any atom is -0.440 e. The fourth-order valence-corrected chi connectivity index (χ4v) is 2.60. The predicted octanol–water partition coefficient (Wildman–Crippen LogP) is 4.52. The highest BCUT2D eigenvalue weighted by molar-refractivity contribution is 8.22. The second kappa shape index (κ2) is 7.96. The molecule has 0 aliphatic rings. The van der Waals surface area contributed by atoms with Gasteiger partial charge in [0.15, 0.2) is 0 Å². The molecule has 2 aromatic carbocycles. The molecular weight excluding hydrogens is 316 g/mol. The van der Waals surface area contributed by atoms with E-state index in [1.807, 2.05) is 43.3 Å². The first-order chi connectivity index (χ1) is 10.5. The van der Waals surface area contributed by atoms with Crippen LogP contribution in [0.5, 0.6) is 11.5 Å². The molecule has 2 aromatic rings. The lowest BCUT2D eigenvalue weighted by Crippen LogP contribution is -2.02. The van der Waals surface area contributed by atoms with Crippen LogP contribution in [0.15, 0.2) is 48.5 Å². The highest BCUT2D eigenvalue weighted by atomic mass is 32.2. The number of hydrogen-bond donors (Lipinski definition) is 0. The summed E-state index contributed by atoms with van der Waals surface area (Å²) in [4.78, 5) is 10.8. The van der Waals surface area contributed by atoms with Crippen LogP contribution in [0, 0.1) is 6.92 Å².